The van der Waals surface area contributed by atoms with E-state index in [1.54, 1.807) is 30.3 Å². The summed E-state index contributed by atoms with van der Waals surface area (Å²) in [6, 6.07) is 24.3. The largest absolute Gasteiger partial charge is 0.469 e. The Hall–Kier alpha value is -3.12. The fourth-order valence-corrected chi connectivity index (χ4v) is 5.46. The third-order valence-corrected chi connectivity index (χ3v) is 7.28. The Labute approximate surface area is 177 Å². The van der Waals surface area contributed by atoms with Crippen LogP contribution in [0.25, 0.3) is 11.1 Å². The molecule has 0 aliphatic carbocycles. The monoisotopic (exact) mass is 421 g/mol. The molecule has 3 aromatic carbocycles. The number of carbonyl (C=O) groups excluding carboxylic acids is 1. The summed E-state index contributed by atoms with van der Waals surface area (Å²) in [6.45, 7) is 0.307. The lowest BCUT2D eigenvalue weighted by atomic mass is 9.93. The van der Waals surface area contributed by atoms with Crippen LogP contribution in [0.2, 0.25) is 0 Å². The zero-order valence-electron chi connectivity index (χ0n) is 16.7. The van der Waals surface area contributed by atoms with Crippen molar-refractivity contribution in [2.75, 3.05) is 18.0 Å². The summed E-state index contributed by atoms with van der Waals surface area (Å²) >= 11 is 0. The molecular formula is C24H23NO4S. The number of hydrogen-bond acceptors (Lipinski definition) is 4. The van der Waals surface area contributed by atoms with Gasteiger partial charge in [0.1, 0.15) is 0 Å². The molecule has 1 atom stereocenters. The third-order valence-electron chi connectivity index (χ3n) is 5.49. The highest BCUT2D eigenvalue weighted by Gasteiger charge is 2.36. The Morgan fingerprint density at radius 1 is 0.967 bits per heavy atom. The van der Waals surface area contributed by atoms with Gasteiger partial charge in [-0.3, -0.25) is 9.10 Å². The molecule has 0 fully saturated rings. The highest BCUT2D eigenvalue weighted by Crippen LogP contribution is 2.43. The number of nitrogens with zero attached hydrogens (tertiary/aromatic N) is 1. The fraction of sp³-hybridized carbons (Fsp3) is 0.208. The zero-order chi connectivity index (χ0) is 21.1. The maximum Gasteiger partial charge on any atom is 0.305 e. The molecule has 0 saturated carbocycles. The minimum Gasteiger partial charge on any atom is -0.469 e. The van der Waals surface area contributed by atoms with Gasteiger partial charge in [-0.05, 0) is 47.4 Å². The van der Waals surface area contributed by atoms with E-state index in [0.717, 1.165) is 16.7 Å². The maximum atomic E-state index is 13.3. The van der Waals surface area contributed by atoms with Gasteiger partial charge in [-0.1, -0.05) is 54.6 Å². The topological polar surface area (TPSA) is 63.7 Å². The predicted molar refractivity (Wildman–Crippen MR) is 117 cm³/mol. The van der Waals surface area contributed by atoms with Crippen molar-refractivity contribution in [2.24, 2.45) is 0 Å². The molecule has 3 aromatic rings. The number of esters is 1. The first kappa shape index (κ1) is 20.2. The summed E-state index contributed by atoms with van der Waals surface area (Å²) in [6.07, 6.45) is 0.772. The van der Waals surface area contributed by atoms with Gasteiger partial charge in [-0.25, -0.2) is 8.42 Å². The summed E-state index contributed by atoms with van der Waals surface area (Å²) in [5, 5.41) is 0. The first-order chi connectivity index (χ1) is 14.5. The lowest BCUT2D eigenvalue weighted by Crippen LogP contribution is -2.30. The minimum absolute atomic E-state index is 0.0822. The number of methoxy groups -OCH3 is 1. The fourth-order valence-electron chi connectivity index (χ4n) is 3.90. The van der Waals surface area contributed by atoms with Crippen molar-refractivity contribution in [3.8, 4) is 11.1 Å². The Balaban J connectivity index is 1.75. The summed E-state index contributed by atoms with van der Waals surface area (Å²) in [7, 11) is -2.32. The Kier molecular flexibility index (Phi) is 5.59. The molecule has 1 aliphatic rings. The van der Waals surface area contributed by atoms with Gasteiger partial charge >= 0.3 is 5.97 Å². The zero-order valence-corrected chi connectivity index (χ0v) is 17.5. The second-order valence-electron chi connectivity index (χ2n) is 7.30. The van der Waals surface area contributed by atoms with Crippen molar-refractivity contribution in [3.63, 3.8) is 0 Å². The minimum atomic E-state index is -3.69. The van der Waals surface area contributed by atoms with E-state index >= 15 is 0 Å². The second-order valence-corrected chi connectivity index (χ2v) is 9.16. The normalized spacial score (nSPS) is 15.6. The highest BCUT2D eigenvalue weighted by molar-refractivity contribution is 7.92. The smallest absolute Gasteiger partial charge is 0.305 e. The van der Waals surface area contributed by atoms with Gasteiger partial charge in [0.25, 0.3) is 10.0 Å². The van der Waals surface area contributed by atoms with Crippen molar-refractivity contribution < 1.29 is 17.9 Å². The molecule has 4 rings (SSSR count). The molecule has 154 valence electrons. The summed E-state index contributed by atoms with van der Waals surface area (Å²) in [5.74, 6) is -0.374. The molecule has 5 nitrogen and oxygen atoms in total. The van der Waals surface area contributed by atoms with Crippen molar-refractivity contribution in [1.29, 1.82) is 0 Å². The van der Waals surface area contributed by atoms with Crippen LogP contribution in [0.3, 0.4) is 0 Å². The van der Waals surface area contributed by atoms with Crippen molar-refractivity contribution in [2.45, 2.75) is 23.7 Å². The molecule has 1 unspecified atom stereocenters. The molecule has 0 amide bonds. The number of carbonyl (C=O) groups is 1. The van der Waals surface area contributed by atoms with Gasteiger partial charge < -0.3 is 4.74 Å². The van der Waals surface area contributed by atoms with Crippen LogP contribution in [-0.2, 0) is 19.6 Å². The van der Waals surface area contributed by atoms with E-state index in [0.29, 0.717) is 18.7 Å². The van der Waals surface area contributed by atoms with E-state index in [1.807, 2.05) is 48.5 Å². The van der Waals surface area contributed by atoms with Gasteiger partial charge in [-0.15, -0.1) is 0 Å². The lowest BCUT2D eigenvalue weighted by molar-refractivity contribution is -0.140. The first-order valence-electron chi connectivity index (χ1n) is 9.84. The average molecular weight is 422 g/mol. The maximum absolute atomic E-state index is 13.3. The van der Waals surface area contributed by atoms with Crippen LogP contribution in [0.15, 0.2) is 83.8 Å². The molecule has 0 saturated heterocycles. The van der Waals surface area contributed by atoms with E-state index in [4.69, 9.17) is 4.74 Å². The van der Waals surface area contributed by atoms with Crippen LogP contribution < -0.4 is 4.31 Å². The lowest BCUT2D eigenvalue weighted by Gasteiger charge is -2.20. The summed E-state index contributed by atoms with van der Waals surface area (Å²) in [4.78, 5) is 12.0. The molecule has 6 heteroatoms. The van der Waals surface area contributed by atoms with Gasteiger partial charge in [-0.2, -0.15) is 0 Å². The molecule has 1 aliphatic heterocycles. The van der Waals surface area contributed by atoms with Gasteiger partial charge in [0, 0.05) is 18.9 Å². The molecule has 30 heavy (non-hydrogen) atoms. The SMILES string of the molecule is COC(=O)CCC1CN(S(=O)(=O)c2ccccc2)c2ccc(-c3ccccc3)cc21. The van der Waals surface area contributed by atoms with Crippen LogP contribution in [0, 0.1) is 0 Å². The van der Waals surface area contributed by atoms with Crippen LogP contribution in [0.4, 0.5) is 5.69 Å². The molecular weight excluding hydrogens is 398 g/mol. The average Bonchev–Trinajstić information content (AvgIpc) is 3.17. The van der Waals surface area contributed by atoms with Gasteiger partial charge in [0.15, 0.2) is 0 Å². The number of fused-ring (bicyclic) bond motifs is 1. The summed E-state index contributed by atoms with van der Waals surface area (Å²) < 4.78 is 32.9. The van der Waals surface area contributed by atoms with E-state index in [2.05, 4.69) is 0 Å². The number of ether oxygens (including phenoxy) is 1. The molecule has 0 bridgehead atoms. The standard InChI is InChI=1S/C24H23NO4S/c1-29-24(26)15-13-20-17-25(30(27,28)21-10-6-3-7-11-21)23-14-12-19(16-22(20)23)18-8-4-2-5-9-18/h2-12,14,16,20H,13,15,17H2,1H3. The van der Waals surface area contributed by atoms with Crippen molar-refractivity contribution in [1.82, 2.24) is 0 Å². The quantitative estimate of drug-likeness (QED) is 0.546. The van der Waals surface area contributed by atoms with E-state index in [9.17, 15) is 13.2 Å². The van der Waals surface area contributed by atoms with Crippen molar-refractivity contribution in [3.05, 3.63) is 84.4 Å². The third kappa shape index (κ3) is 3.83. The van der Waals surface area contributed by atoms with E-state index in [1.165, 1.54) is 11.4 Å². The first-order valence-corrected chi connectivity index (χ1v) is 11.3. The molecule has 0 N–H and O–H groups in total. The molecule has 0 radical (unpaired) electrons. The van der Waals surface area contributed by atoms with Crippen molar-refractivity contribution >= 4 is 21.7 Å². The van der Waals surface area contributed by atoms with Gasteiger partial charge in [0.05, 0.1) is 17.7 Å². The number of hydrogen-bond donors (Lipinski definition) is 0. The Morgan fingerprint density at radius 2 is 1.63 bits per heavy atom. The van der Waals surface area contributed by atoms with Crippen LogP contribution >= 0.6 is 0 Å². The molecule has 0 spiro atoms. The van der Waals surface area contributed by atoms with E-state index < -0.39 is 10.0 Å². The summed E-state index contributed by atoms with van der Waals surface area (Å²) in [5.41, 5.74) is 3.71. The molecule has 1 heterocycles. The Bertz CT molecular complexity index is 1140. The van der Waals surface area contributed by atoms with E-state index in [-0.39, 0.29) is 23.2 Å². The Morgan fingerprint density at radius 3 is 2.30 bits per heavy atom. The van der Waals surface area contributed by atoms with Crippen LogP contribution in [0.1, 0.15) is 24.3 Å². The van der Waals surface area contributed by atoms with Crippen LogP contribution in [-0.4, -0.2) is 28.0 Å². The van der Waals surface area contributed by atoms with Gasteiger partial charge in [0.2, 0.25) is 0 Å². The number of rotatable bonds is 6. The van der Waals surface area contributed by atoms with Crippen LogP contribution in [0.5, 0.6) is 0 Å². The molecule has 0 aromatic heterocycles. The highest BCUT2D eigenvalue weighted by atomic mass is 32.2. The number of benzene rings is 3. The predicted octanol–water partition coefficient (Wildman–Crippen LogP) is 4.60. The number of sulfonamides is 1. The number of anilines is 1. The second kappa shape index (κ2) is 8.32.